The Hall–Kier alpha value is -3.03. The molecule has 0 saturated carbocycles. The lowest BCUT2D eigenvalue weighted by Gasteiger charge is -2.16. The van der Waals surface area contributed by atoms with E-state index >= 15 is 0 Å². The van der Waals surface area contributed by atoms with Crippen molar-refractivity contribution >= 4 is 22.9 Å². The van der Waals surface area contributed by atoms with Crippen LogP contribution in [0.1, 0.15) is 28.9 Å². The maximum atomic E-state index is 12.3. The summed E-state index contributed by atoms with van der Waals surface area (Å²) in [7, 11) is 1.88. The van der Waals surface area contributed by atoms with Gasteiger partial charge in [0.05, 0.1) is 11.9 Å². The number of pyridine rings is 1. The number of aromatic nitrogens is 5. The molecule has 134 valence electrons. The number of nitrogens with zero attached hydrogens (tertiary/aromatic N) is 6. The highest BCUT2D eigenvalue weighted by molar-refractivity contribution is 5.96. The predicted molar refractivity (Wildman–Crippen MR) is 98.0 cm³/mol. The quantitative estimate of drug-likeness (QED) is 0.746. The van der Waals surface area contributed by atoms with Gasteiger partial charge < -0.3 is 14.8 Å². The molecule has 1 aliphatic heterocycles. The van der Waals surface area contributed by atoms with Gasteiger partial charge in [0.25, 0.3) is 5.91 Å². The summed E-state index contributed by atoms with van der Waals surface area (Å²) in [4.78, 5) is 31.8. The largest absolute Gasteiger partial charge is 0.357 e. The Balaban J connectivity index is 1.36. The Kier molecular flexibility index (Phi) is 4.47. The van der Waals surface area contributed by atoms with Crippen LogP contribution in [0.3, 0.4) is 0 Å². The van der Waals surface area contributed by atoms with E-state index in [-0.39, 0.29) is 5.91 Å². The van der Waals surface area contributed by atoms with Crippen molar-refractivity contribution in [3.8, 4) is 0 Å². The van der Waals surface area contributed by atoms with E-state index < -0.39 is 0 Å². The van der Waals surface area contributed by atoms with Gasteiger partial charge in [-0.3, -0.25) is 4.79 Å². The van der Waals surface area contributed by atoms with Crippen molar-refractivity contribution in [3.63, 3.8) is 0 Å². The Morgan fingerprint density at radius 3 is 2.85 bits per heavy atom. The molecule has 3 aromatic heterocycles. The van der Waals surface area contributed by atoms with E-state index in [0.717, 1.165) is 30.2 Å². The fraction of sp³-hybridized carbons (Fsp3) is 0.389. The number of anilines is 1. The molecule has 3 aromatic rings. The minimum atomic E-state index is -0.154. The predicted octanol–water partition coefficient (Wildman–Crippen LogP) is 1.33. The molecule has 8 nitrogen and oxygen atoms in total. The average Bonchev–Trinajstić information content (AvgIpc) is 3.32. The maximum Gasteiger partial charge on any atom is 0.252 e. The minimum absolute atomic E-state index is 0.154. The van der Waals surface area contributed by atoms with E-state index in [4.69, 9.17) is 0 Å². The first-order valence-corrected chi connectivity index (χ1v) is 8.82. The Morgan fingerprint density at radius 2 is 2.00 bits per heavy atom. The number of hydrogen-bond acceptors (Lipinski definition) is 6. The smallest absolute Gasteiger partial charge is 0.252 e. The van der Waals surface area contributed by atoms with Crippen LogP contribution in [-0.4, -0.2) is 50.0 Å². The van der Waals surface area contributed by atoms with Crippen molar-refractivity contribution in [3.05, 3.63) is 42.2 Å². The Labute approximate surface area is 151 Å². The lowest BCUT2D eigenvalue weighted by Crippen LogP contribution is -2.26. The molecule has 26 heavy (non-hydrogen) atoms. The fourth-order valence-corrected chi connectivity index (χ4v) is 3.19. The second-order valence-corrected chi connectivity index (χ2v) is 6.49. The highest BCUT2D eigenvalue weighted by atomic mass is 16.1. The monoisotopic (exact) mass is 351 g/mol. The van der Waals surface area contributed by atoms with E-state index in [1.165, 1.54) is 12.8 Å². The Morgan fingerprint density at radius 1 is 1.15 bits per heavy atom. The third-order valence-corrected chi connectivity index (χ3v) is 4.62. The van der Waals surface area contributed by atoms with Gasteiger partial charge in [0.15, 0.2) is 5.65 Å². The van der Waals surface area contributed by atoms with Crippen LogP contribution >= 0.6 is 0 Å². The first-order chi connectivity index (χ1) is 12.7. The molecule has 0 spiro atoms. The fourth-order valence-electron chi connectivity index (χ4n) is 3.19. The summed E-state index contributed by atoms with van der Waals surface area (Å²) in [5.74, 6) is 0.822. The van der Waals surface area contributed by atoms with E-state index in [1.807, 2.05) is 17.7 Å². The van der Waals surface area contributed by atoms with Crippen molar-refractivity contribution in [2.75, 3.05) is 24.5 Å². The summed E-state index contributed by atoms with van der Waals surface area (Å²) >= 11 is 0. The van der Waals surface area contributed by atoms with Crippen LogP contribution in [0.15, 0.2) is 31.0 Å². The summed E-state index contributed by atoms with van der Waals surface area (Å²) in [6.45, 7) is 2.61. The molecule has 4 heterocycles. The van der Waals surface area contributed by atoms with Crippen LogP contribution in [0.5, 0.6) is 0 Å². The standard InChI is InChI=1S/C18H21N7O/c1-24-12-23-15-8-13(10-20-17(15)24)18(26)19-5-4-14-9-16(22-11-21-14)25-6-2-3-7-25/h8-12H,2-7H2,1H3,(H,19,26). The van der Waals surface area contributed by atoms with Crippen molar-refractivity contribution < 1.29 is 4.79 Å². The molecule has 0 bridgehead atoms. The van der Waals surface area contributed by atoms with Gasteiger partial charge in [0.1, 0.15) is 17.7 Å². The van der Waals surface area contributed by atoms with Gasteiger partial charge in [0.2, 0.25) is 0 Å². The number of fused-ring (bicyclic) bond motifs is 1. The van der Waals surface area contributed by atoms with Gasteiger partial charge in [-0.15, -0.1) is 0 Å². The van der Waals surface area contributed by atoms with Crippen LogP contribution < -0.4 is 10.2 Å². The zero-order chi connectivity index (χ0) is 17.9. The van der Waals surface area contributed by atoms with Gasteiger partial charge in [-0.25, -0.2) is 19.9 Å². The molecule has 4 rings (SSSR count). The molecule has 0 unspecified atom stereocenters. The third kappa shape index (κ3) is 3.35. The first-order valence-electron chi connectivity index (χ1n) is 8.82. The van der Waals surface area contributed by atoms with Gasteiger partial charge in [-0.05, 0) is 18.9 Å². The van der Waals surface area contributed by atoms with Crippen molar-refractivity contribution in [1.29, 1.82) is 0 Å². The number of hydrogen-bond donors (Lipinski definition) is 1. The summed E-state index contributed by atoms with van der Waals surface area (Å²) in [6.07, 6.45) is 7.95. The third-order valence-electron chi connectivity index (χ3n) is 4.62. The van der Waals surface area contributed by atoms with Crippen molar-refractivity contribution in [1.82, 2.24) is 29.8 Å². The summed E-state index contributed by atoms with van der Waals surface area (Å²) in [6, 6.07) is 3.77. The number of carbonyl (C=O) groups is 1. The molecule has 8 heteroatoms. The highest BCUT2D eigenvalue weighted by Crippen LogP contribution is 2.17. The second kappa shape index (κ2) is 7.07. The van der Waals surface area contributed by atoms with Crippen LogP contribution in [0.2, 0.25) is 0 Å². The van der Waals surface area contributed by atoms with E-state index in [9.17, 15) is 4.79 Å². The number of carbonyl (C=O) groups excluding carboxylic acids is 1. The molecule has 1 N–H and O–H groups in total. The lowest BCUT2D eigenvalue weighted by molar-refractivity contribution is 0.0954. The summed E-state index contributed by atoms with van der Waals surface area (Å²) < 4.78 is 1.82. The van der Waals surface area contributed by atoms with Gasteiger partial charge in [0, 0.05) is 51.1 Å². The molecular weight excluding hydrogens is 330 g/mol. The summed E-state index contributed by atoms with van der Waals surface area (Å²) in [5, 5.41) is 2.92. The summed E-state index contributed by atoms with van der Waals surface area (Å²) in [5.41, 5.74) is 2.92. The molecular formula is C18H21N7O. The molecule has 0 radical (unpaired) electrons. The molecule has 0 aromatic carbocycles. The minimum Gasteiger partial charge on any atom is -0.357 e. The van der Waals surface area contributed by atoms with Crippen molar-refractivity contribution in [2.45, 2.75) is 19.3 Å². The zero-order valence-corrected chi connectivity index (χ0v) is 14.7. The average molecular weight is 351 g/mol. The number of amides is 1. The zero-order valence-electron chi connectivity index (χ0n) is 14.7. The van der Waals surface area contributed by atoms with Gasteiger partial charge in [-0.1, -0.05) is 0 Å². The van der Waals surface area contributed by atoms with Crippen LogP contribution in [0, 0.1) is 0 Å². The molecule has 0 atom stereocenters. The topological polar surface area (TPSA) is 88.8 Å². The Bertz CT molecular complexity index is 930. The molecule has 1 fully saturated rings. The van der Waals surface area contributed by atoms with E-state index in [0.29, 0.717) is 24.0 Å². The van der Waals surface area contributed by atoms with Crippen molar-refractivity contribution in [2.24, 2.45) is 7.05 Å². The molecule has 1 aliphatic rings. The van der Waals surface area contributed by atoms with E-state index in [2.05, 4.69) is 30.2 Å². The molecule has 0 aliphatic carbocycles. The van der Waals surface area contributed by atoms with Crippen LogP contribution in [0.25, 0.3) is 11.2 Å². The molecule has 1 saturated heterocycles. The van der Waals surface area contributed by atoms with Crippen LogP contribution in [0.4, 0.5) is 5.82 Å². The normalized spacial score (nSPS) is 14.1. The maximum absolute atomic E-state index is 12.3. The number of nitrogens with one attached hydrogen (secondary N) is 1. The van der Waals surface area contributed by atoms with Gasteiger partial charge >= 0.3 is 0 Å². The second-order valence-electron chi connectivity index (χ2n) is 6.49. The molecule has 1 amide bonds. The number of imidazole rings is 1. The van der Waals surface area contributed by atoms with Gasteiger partial charge in [-0.2, -0.15) is 0 Å². The first kappa shape index (κ1) is 16.4. The van der Waals surface area contributed by atoms with E-state index in [1.54, 1.807) is 24.9 Å². The number of rotatable bonds is 5. The SMILES string of the molecule is Cn1cnc2cc(C(=O)NCCc3cc(N4CCCC4)ncn3)cnc21. The van der Waals surface area contributed by atoms with Crippen LogP contribution in [-0.2, 0) is 13.5 Å². The highest BCUT2D eigenvalue weighted by Gasteiger charge is 2.14. The lowest BCUT2D eigenvalue weighted by atomic mass is 10.2. The number of aryl methyl sites for hydroxylation is 1.